The standard InChI is InChI=1S/C14H18N4/c1-9-6-5-7-16-12(9)13-17-10(14(2,3)4)8-11(15)18-13/h5-8H,1-4H3,(H2,15,17,18). The van der Waals surface area contributed by atoms with E-state index in [1.165, 1.54) is 0 Å². The number of hydrogen-bond acceptors (Lipinski definition) is 4. The van der Waals surface area contributed by atoms with Crippen LogP contribution in [-0.4, -0.2) is 15.0 Å². The Labute approximate surface area is 107 Å². The average molecular weight is 242 g/mol. The number of aromatic nitrogens is 3. The summed E-state index contributed by atoms with van der Waals surface area (Å²) < 4.78 is 0. The van der Waals surface area contributed by atoms with E-state index in [0.717, 1.165) is 17.0 Å². The van der Waals surface area contributed by atoms with Crippen molar-refractivity contribution in [1.29, 1.82) is 0 Å². The molecule has 94 valence electrons. The fraction of sp³-hybridized carbons (Fsp3) is 0.357. The van der Waals surface area contributed by atoms with Gasteiger partial charge >= 0.3 is 0 Å². The Hall–Kier alpha value is -1.97. The van der Waals surface area contributed by atoms with Crippen LogP contribution in [0, 0.1) is 6.92 Å². The van der Waals surface area contributed by atoms with E-state index >= 15 is 0 Å². The zero-order valence-corrected chi connectivity index (χ0v) is 11.2. The fourth-order valence-corrected chi connectivity index (χ4v) is 1.68. The smallest absolute Gasteiger partial charge is 0.180 e. The van der Waals surface area contributed by atoms with Gasteiger partial charge in [-0.25, -0.2) is 9.97 Å². The number of anilines is 1. The van der Waals surface area contributed by atoms with E-state index < -0.39 is 0 Å². The largest absolute Gasteiger partial charge is 0.384 e. The summed E-state index contributed by atoms with van der Waals surface area (Å²) in [6, 6.07) is 5.71. The van der Waals surface area contributed by atoms with Gasteiger partial charge in [0.2, 0.25) is 0 Å². The number of rotatable bonds is 1. The lowest BCUT2D eigenvalue weighted by Crippen LogP contribution is -2.15. The van der Waals surface area contributed by atoms with Crippen molar-refractivity contribution < 1.29 is 0 Å². The van der Waals surface area contributed by atoms with Crippen LogP contribution in [0.3, 0.4) is 0 Å². The van der Waals surface area contributed by atoms with E-state index in [4.69, 9.17) is 5.73 Å². The molecule has 0 radical (unpaired) electrons. The molecule has 0 spiro atoms. The quantitative estimate of drug-likeness (QED) is 0.835. The molecular weight excluding hydrogens is 224 g/mol. The van der Waals surface area contributed by atoms with Gasteiger partial charge in [-0.05, 0) is 18.6 Å². The first-order valence-electron chi connectivity index (χ1n) is 5.95. The molecule has 2 N–H and O–H groups in total. The lowest BCUT2D eigenvalue weighted by atomic mass is 9.92. The molecule has 2 aromatic rings. The maximum absolute atomic E-state index is 5.86. The molecule has 4 nitrogen and oxygen atoms in total. The predicted octanol–water partition coefficient (Wildman–Crippen LogP) is 2.73. The van der Waals surface area contributed by atoms with Gasteiger partial charge in [0.05, 0.1) is 5.69 Å². The van der Waals surface area contributed by atoms with Crippen LogP contribution in [0.5, 0.6) is 0 Å². The van der Waals surface area contributed by atoms with Crippen LogP contribution in [0.25, 0.3) is 11.5 Å². The monoisotopic (exact) mass is 242 g/mol. The highest BCUT2D eigenvalue weighted by molar-refractivity contribution is 5.56. The minimum Gasteiger partial charge on any atom is -0.384 e. The number of pyridine rings is 1. The molecule has 0 aliphatic heterocycles. The van der Waals surface area contributed by atoms with Crippen molar-refractivity contribution in [3.63, 3.8) is 0 Å². The van der Waals surface area contributed by atoms with Crippen molar-refractivity contribution in [2.24, 2.45) is 0 Å². The van der Waals surface area contributed by atoms with Crippen molar-refractivity contribution in [2.75, 3.05) is 5.73 Å². The van der Waals surface area contributed by atoms with Gasteiger partial charge in [-0.3, -0.25) is 4.98 Å². The molecule has 2 aromatic heterocycles. The van der Waals surface area contributed by atoms with Gasteiger partial charge in [-0.15, -0.1) is 0 Å². The van der Waals surface area contributed by atoms with E-state index in [2.05, 4.69) is 35.7 Å². The predicted molar refractivity (Wildman–Crippen MR) is 73.1 cm³/mol. The first-order valence-corrected chi connectivity index (χ1v) is 5.95. The summed E-state index contributed by atoms with van der Waals surface area (Å²) in [5.74, 6) is 1.08. The summed E-state index contributed by atoms with van der Waals surface area (Å²) in [6.07, 6.45) is 1.74. The van der Waals surface area contributed by atoms with E-state index in [0.29, 0.717) is 11.6 Å². The average Bonchev–Trinajstić information content (AvgIpc) is 2.27. The third-order valence-corrected chi connectivity index (χ3v) is 2.74. The zero-order valence-electron chi connectivity index (χ0n) is 11.2. The number of nitrogen functional groups attached to an aromatic ring is 1. The maximum atomic E-state index is 5.86. The fourth-order valence-electron chi connectivity index (χ4n) is 1.68. The number of nitrogens with two attached hydrogens (primary N) is 1. The molecule has 4 heteroatoms. The molecule has 0 fully saturated rings. The van der Waals surface area contributed by atoms with E-state index in [1.54, 1.807) is 6.20 Å². The highest BCUT2D eigenvalue weighted by Crippen LogP contribution is 2.25. The lowest BCUT2D eigenvalue weighted by Gasteiger charge is -2.18. The second-order valence-electron chi connectivity index (χ2n) is 5.42. The highest BCUT2D eigenvalue weighted by atomic mass is 15.0. The van der Waals surface area contributed by atoms with Crippen molar-refractivity contribution in [2.45, 2.75) is 33.1 Å². The molecule has 2 rings (SSSR count). The summed E-state index contributed by atoms with van der Waals surface area (Å²) in [5, 5.41) is 0. The van der Waals surface area contributed by atoms with Gasteiger partial charge in [0, 0.05) is 17.7 Å². The van der Waals surface area contributed by atoms with Gasteiger partial charge in [0.15, 0.2) is 5.82 Å². The molecule has 0 amide bonds. The Balaban J connectivity index is 2.60. The Morgan fingerprint density at radius 3 is 2.50 bits per heavy atom. The van der Waals surface area contributed by atoms with E-state index in [1.807, 2.05) is 25.1 Å². The third-order valence-electron chi connectivity index (χ3n) is 2.74. The molecule has 0 aliphatic carbocycles. The Kier molecular flexibility index (Phi) is 3.03. The van der Waals surface area contributed by atoms with Gasteiger partial charge in [-0.2, -0.15) is 0 Å². The SMILES string of the molecule is Cc1cccnc1-c1nc(N)cc(C(C)(C)C)n1. The topological polar surface area (TPSA) is 64.7 Å². The number of hydrogen-bond donors (Lipinski definition) is 1. The highest BCUT2D eigenvalue weighted by Gasteiger charge is 2.18. The molecule has 0 aromatic carbocycles. The molecule has 0 unspecified atom stereocenters. The zero-order chi connectivity index (χ0) is 13.3. The van der Waals surface area contributed by atoms with E-state index in [-0.39, 0.29) is 5.41 Å². The molecule has 0 saturated carbocycles. The first kappa shape index (κ1) is 12.5. The number of aryl methyl sites for hydroxylation is 1. The molecule has 0 atom stereocenters. The second kappa shape index (κ2) is 4.37. The van der Waals surface area contributed by atoms with E-state index in [9.17, 15) is 0 Å². The van der Waals surface area contributed by atoms with Gasteiger partial charge in [0.25, 0.3) is 0 Å². The van der Waals surface area contributed by atoms with Crippen LogP contribution in [-0.2, 0) is 5.41 Å². The molecular formula is C14H18N4. The van der Waals surface area contributed by atoms with Crippen LogP contribution in [0.4, 0.5) is 5.82 Å². The maximum Gasteiger partial charge on any atom is 0.180 e. The molecule has 18 heavy (non-hydrogen) atoms. The summed E-state index contributed by atoms with van der Waals surface area (Å²) in [6.45, 7) is 8.29. The van der Waals surface area contributed by atoms with Crippen LogP contribution in [0.1, 0.15) is 32.0 Å². The molecule has 0 bridgehead atoms. The minimum absolute atomic E-state index is 0.0610. The summed E-state index contributed by atoms with van der Waals surface area (Å²) >= 11 is 0. The lowest BCUT2D eigenvalue weighted by molar-refractivity contribution is 0.568. The third kappa shape index (κ3) is 2.47. The first-order chi connectivity index (χ1) is 8.38. The van der Waals surface area contributed by atoms with Gasteiger partial charge in [0.1, 0.15) is 11.5 Å². The van der Waals surface area contributed by atoms with Crippen molar-refractivity contribution in [3.05, 3.63) is 35.7 Å². The van der Waals surface area contributed by atoms with Crippen LogP contribution < -0.4 is 5.73 Å². The normalized spacial score (nSPS) is 11.6. The Bertz CT molecular complexity index is 570. The Morgan fingerprint density at radius 1 is 1.17 bits per heavy atom. The van der Waals surface area contributed by atoms with Gasteiger partial charge in [-0.1, -0.05) is 26.8 Å². The number of nitrogens with zero attached hydrogens (tertiary/aromatic N) is 3. The van der Waals surface area contributed by atoms with Crippen LogP contribution in [0.15, 0.2) is 24.4 Å². The molecule has 0 saturated heterocycles. The van der Waals surface area contributed by atoms with Gasteiger partial charge < -0.3 is 5.73 Å². The molecule has 2 heterocycles. The van der Waals surface area contributed by atoms with Crippen LogP contribution in [0.2, 0.25) is 0 Å². The van der Waals surface area contributed by atoms with Crippen molar-refractivity contribution in [3.8, 4) is 11.5 Å². The second-order valence-corrected chi connectivity index (χ2v) is 5.42. The summed E-state index contributed by atoms with van der Waals surface area (Å²) in [5.41, 5.74) is 8.56. The summed E-state index contributed by atoms with van der Waals surface area (Å²) in [7, 11) is 0. The minimum atomic E-state index is -0.0610. The summed E-state index contributed by atoms with van der Waals surface area (Å²) in [4.78, 5) is 13.2. The van der Waals surface area contributed by atoms with Crippen molar-refractivity contribution in [1.82, 2.24) is 15.0 Å². The Morgan fingerprint density at radius 2 is 1.89 bits per heavy atom. The van der Waals surface area contributed by atoms with Crippen LogP contribution >= 0.6 is 0 Å². The van der Waals surface area contributed by atoms with Crippen molar-refractivity contribution >= 4 is 5.82 Å². The molecule has 0 aliphatic rings.